The van der Waals surface area contributed by atoms with Gasteiger partial charge in [0.25, 0.3) is 10.0 Å². The zero-order valence-corrected chi connectivity index (χ0v) is 13.9. The molecule has 0 radical (unpaired) electrons. The van der Waals surface area contributed by atoms with Gasteiger partial charge in [-0.1, -0.05) is 30.3 Å². The number of nitrogens with zero attached hydrogens (tertiary/aromatic N) is 2. The third-order valence-corrected chi connectivity index (χ3v) is 5.94. The molecule has 0 amide bonds. The van der Waals surface area contributed by atoms with Crippen LogP contribution in [0.1, 0.15) is 5.01 Å². The summed E-state index contributed by atoms with van der Waals surface area (Å²) in [5.41, 5.74) is 0.863. The molecule has 21 heavy (non-hydrogen) atoms. The highest BCUT2D eigenvalue weighted by Crippen LogP contribution is 2.33. The summed E-state index contributed by atoms with van der Waals surface area (Å²) in [6, 6.07) is 9.45. The van der Waals surface area contributed by atoms with E-state index >= 15 is 0 Å². The first kappa shape index (κ1) is 16.1. The van der Waals surface area contributed by atoms with Crippen LogP contribution >= 0.6 is 11.3 Å². The number of rotatable bonds is 6. The smallest absolute Gasteiger partial charge is 0.261 e. The number of aryl methyl sites for hydroxylation is 1. The monoisotopic (exact) mass is 326 g/mol. The van der Waals surface area contributed by atoms with Gasteiger partial charge in [0.05, 0.1) is 16.5 Å². The van der Waals surface area contributed by atoms with Crippen LogP contribution in [0.3, 0.4) is 0 Å². The summed E-state index contributed by atoms with van der Waals surface area (Å²) < 4.78 is 31.5. The molecule has 0 saturated carbocycles. The van der Waals surface area contributed by atoms with Gasteiger partial charge >= 0.3 is 0 Å². The number of methoxy groups -OCH3 is 1. The highest BCUT2D eigenvalue weighted by Gasteiger charge is 2.28. The van der Waals surface area contributed by atoms with Crippen molar-refractivity contribution >= 4 is 21.4 Å². The van der Waals surface area contributed by atoms with Gasteiger partial charge in [0.1, 0.15) is 0 Å². The van der Waals surface area contributed by atoms with Crippen molar-refractivity contribution in [2.24, 2.45) is 0 Å². The number of aromatic nitrogens is 1. The average Bonchev–Trinajstić information content (AvgIpc) is 2.88. The van der Waals surface area contributed by atoms with Gasteiger partial charge in [0.15, 0.2) is 5.03 Å². The second-order valence-electron chi connectivity index (χ2n) is 4.55. The maximum absolute atomic E-state index is 12.7. The quantitative estimate of drug-likeness (QED) is 0.818. The molecule has 0 spiro atoms. The number of likely N-dealkylation sites (N-methyl/N-ethyl adjacent to an activating group) is 1. The Morgan fingerprint density at radius 1 is 1.29 bits per heavy atom. The molecule has 0 saturated heterocycles. The Hall–Kier alpha value is -1.28. The Morgan fingerprint density at radius 2 is 1.95 bits per heavy atom. The number of sulfonamides is 1. The second-order valence-corrected chi connectivity index (χ2v) is 7.72. The van der Waals surface area contributed by atoms with E-state index in [0.29, 0.717) is 18.0 Å². The van der Waals surface area contributed by atoms with E-state index in [2.05, 4.69) is 4.98 Å². The van der Waals surface area contributed by atoms with E-state index in [4.69, 9.17) is 4.74 Å². The lowest BCUT2D eigenvalue weighted by Crippen LogP contribution is -2.30. The van der Waals surface area contributed by atoms with Gasteiger partial charge in [-0.3, -0.25) is 0 Å². The minimum atomic E-state index is -3.62. The van der Waals surface area contributed by atoms with Gasteiger partial charge in [0, 0.05) is 20.7 Å². The second kappa shape index (κ2) is 6.65. The first-order chi connectivity index (χ1) is 9.96. The SMILES string of the molecule is COCCN(C)S(=O)(=O)c1nc(C)sc1-c1ccccc1. The van der Waals surface area contributed by atoms with E-state index in [1.807, 2.05) is 37.3 Å². The first-order valence-electron chi connectivity index (χ1n) is 6.45. The van der Waals surface area contributed by atoms with Gasteiger partial charge in [-0.05, 0) is 12.5 Å². The van der Waals surface area contributed by atoms with Crippen molar-refractivity contribution in [3.63, 3.8) is 0 Å². The minimum Gasteiger partial charge on any atom is -0.383 e. The number of thiazole rings is 1. The Labute approximate surface area is 129 Å². The van der Waals surface area contributed by atoms with Crippen molar-refractivity contribution in [3.8, 4) is 10.4 Å². The van der Waals surface area contributed by atoms with Crippen LogP contribution in [-0.2, 0) is 14.8 Å². The molecule has 7 heteroatoms. The number of ether oxygens (including phenoxy) is 1. The largest absolute Gasteiger partial charge is 0.383 e. The topological polar surface area (TPSA) is 59.5 Å². The minimum absolute atomic E-state index is 0.120. The molecule has 0 unspecified atom stereocenters. The van der Waals surface area contributed by atoms with Crippen molar-refractivity contribution in [3.05, 3.63) is 35.3 Å². The lowest BCUT2D eigenvalue weighted by atomic mass is 10.2. The van der Waals surface area contributed by atoms with Gasteiger partial charge < -0.3 is 4.74 Å². The molecule has 0 aliphatic heterocycles. The number of hydrogen-bond donors (Lipinski definition) is 0. The molecular formula is C14H18N2O3S2. The zero-order valence-electron chi connectivity index (χ0n) is 12.2. The van der Waals surface area contributed by atoms with Gasteiger partial charge in [-0.2, -0.15) is 4.31 Å². The molecule has 1 aromatic carbocycles. The molecule has 0 aliphatic carbocycles. The summed E-state index contributed by atoms with van der Waals surface area (Å²) in [6.45, 7) is 2.45. The fourth-order valence-electron chi connectivity index (χ4n) is 1.84. The Bertz CT molecular complexity index is 696. The molecule has 0 bridgehead atoms. The summed E-state index contributed by atoms with van der Waals surface area (Å²) in [6.07, 6.45) is 0. The summed E-state index contributed by atoms with van der Waals surface area (Å²) in [7, 11) is -0.533. The summed E-state index contributed by atoms with van der Waals surface area (Å²) >= 11 is 1.39. The molecule has 1 heterocycles. The van der Waals surface area contributed by atoms with E-state index in [-0.39, 0.29) is 5.03 Å². The van der Waals surface area contributed by atoms with Gasteiger partial charge in [0.2, 0.25) is 0 Å². The predicted octanol–water partition coefficient (Wildman–Crippen LogP) is 2.39. The molecule has 2 aromatic rings. The Balaban J connectivity index is 2.45. The summed E-state index contributed by atoms with van der Waals surface area (Å²) in [4.78, 5) is 4.91. The van der Waals surface area contributed by atoms with E-state index in [1.54, 1.807) is 7.11 Å². The third-order valence-electron chi connectivity index (χ3n) is 3.00. The molecular weight excluding hydrogens is 308 g/mol. The van der Waals surface area contributed by atoms with Crippen LogP contribution in [0.25, 0.3) is 10.4 Å². The fraction of sp³-hybridized carbons (Fsp3) is 0.357. The molecule has 2 rings (SSSR count). The molecule has 0 N–H and O–H groups in total. The predicted molar refractivity (Wildman–Crippen MR) is 84.0 cm³/mol. The van der Waals surface area contributed by atoms with Crippen molar-refractivity contribution in [2.75, 3.05) is 27.3 Å². The molecule has 1 aromatic heterocycles. The average molecular weight is 326 g/mol. The van der Waals surface area contributed by atoms with Crippen LogP contribution < -0.4 is 0 Å². The normalized spacial score (nSPS) is 12.0. The summed E-state index contributed by atoms with van der Waals surface area (Å²) in [5.74, 6) is 0. The molecule has 114 valence electrons. The molecule has 0 fully saturated rings. The molecule has 0 atom stereocenters. The van der Waals surface area contributed by atoms with Crippen LogP contribution in [0.2, 0.25) is 0 Å². The van der Waals surface area contributed by atoms with E-state index in [0.717, 1.165) is 10.6 Å². The third kappa shape index (κ3) is 3.49. The molecule has 5 nitrogen and oxygen atoms in total. The number of benzene rings is 1. The standard InChI is InChI=1S/C14H18N2O3S2/c1-11-15-14(21(17,18)16(2)9-10-19-3)13(20-11)12-7-5-4-6-8-12/h4-8H,9-10H2,1-3H3. The van der Waals surface area contributed by atoms with Crippen LogP contribution in [-0.4, -0.2) is 45.0 Å². The lowest BCUT2D eigenvalue weighted by molar-refractivity contribution is 0.185. The van der Waals surface area contributed by atoms with Gasteiger partial charge in [-0.25, -0.2) is 13.4 Å². The zero-order chi connectivity index (χ0) is 15.5. The van der Waals surface area contributed by atoms with Crippen LogP contribution in [0.5, 0.6) is 0 Å². The highest BCUT2D eigenvalue weighted by atomic mass is 32.2. The van der Waals surface area contributed by atoms with Crippen molar-refractivity contribution in [2.45, 2.75) is 11.9 Å². The van der Waals surface area contributed by atoms with Crippen molar-refractivity contribution < 1.29 is 13.2 Å². The maximum Gasteiger partial charge on any atom is 0.261 e. The Morgan fingerprint density at radius 3 is 2.57 bits per heavy atom. The van der Waals surface area contributed by atoms with E-state index in [9.17, 15) is 8.42 Å². The van der Waals surface area contributed by atoms with E-state index in [1.165, 1.54) is 22.7 Å². The Kier molecular flexibility index (Phi) is 5.10. The maximum atomic E-state index is 12.7. The molecule has 0 aliphatic rings. The van der Waals surface area contributed by atoms with Crippen LogP contribution in [0.15, 0.2) is 35.4 Å². The van der Waals surface area contributed by atoms with Gasteiger partial charge in [-0.15, -0.1) is 11.3 Å². The first-order valence-corrected chi connectivity index (χ1v) is 8.70. The number of hydrogen-bond acceptors (Lipinski definition) is 5. The summed E-state index contributed by atoms with van der Waals surface area (Å²) in [5, 5.41) is 0.849. The van der Waals surface area contributed by atoms with Crippen molar-refractivity contribution in [1.82, 2.24) is 9.29 Å². The lowest BCUT2D eigenvalue weighted by Gasteiger charge is -2.16. The van der Waals surface area contributed by atoms with E-state index < -0.39 is 10.0 Å². The highest BCUT2D eigenvalue weighted by molar-refractivity contribution is 7.89. The van der Waals surface area contributed by atoms with Crippen LogP contribution in [0, 0.1) is 6.92 Å². The van der Waals surface area contributed by atoms with Crippen molar-refractivity contribution in [1.29, 1.82) is 0 Å². The van der Waals surface area contributed by atoms with Crippen LogP contribution in [0.4, 0.5) is 0 Å². The fourth-order valence-corrected chi connectivity index (χ4v) is 4.37.